The van der Waals surface area contributed by atoms with Gasteiger partial charge in [-0.3, -0.25) is 4.79 Å². The molecule has 0 radical (unpaired) electrons. The molecule has 1 heterocycles. The number of hydrogen-bond donors (Lipinski definition) is 4. The third-order valence-electron chi connectivity index (χ3n) is 7.27. The van der Waals surface area contributed by atoms with Crippen LogP contribution in [0.5, 0.6) is 0 Å². The minimum absolute atomic E-state index is 0.0454. The molecule has 7 nitrogen and oxygen atoms in total. The third-order valence-corrected chi connectivity index (χ3v) is 7.27. The van der Waals surface area contributed by atoms with Crippen molar-refractivity contribution >= 4 is 11.6 Å². The molecule has 0 aliphatic rings. The van der Waals surface area contributed by atoms with Crippen LogP contribution in [0.4, 0.5) is 10.1 Å². The molecule has 0 fully saturated rings. The van der Waals surface area contributed by atoms with Gasteiger partial charge in [0.15, 0.2) is 0 Å². The Morgan fingerprint density at radius 2 is 1.43 bits per heavy atom. The number of halogens is 1. The minimum Gasteiger partial charge on any atom is -0.831 e. The number of aromatic nitrogens is 1. The van der Waals surface area contributed by atoms with Crippen LogP contribution in [0.2, 0.25) is 0 Å². The first-order valence-corrected chi connectivity index (χ1v) is 14.3. The largest absolute Gasteiger partial charge is 0.831 e. The van der Waals surface area contributed by atoms with Crippen molar-refractivity contribution < 1.29 is 29.6 Å². The predicted octanol–water partition coefficient (Wildman–Crippen LogP) is 5.30. The second kappa shape index (κ2) is 14.4. The summed E-state index contributed by atoms with van der Waals surface area (Å²) in [5.74, 6) is -0.755. The second-order valence-electron chi connectivity index (χ2n) is 10.8. The van der Waals surface area contributed by atoms with Crippen molar-refractivity contribution in [1.29, 1.82) is 0 Å². The highest BCUT2D eigenvalue weighted by molar-refractivity contribution is 6.12. The fourth-order valence-corrected chi connectivity index (χ4v) is 5.37. The van der Waals surface area contributed by atoms with Gasteiger partial charge < -0.3 is 30.3 Å². The number of anilines is 1. The lowest BCUT2D eigenvalue weighted by Crippen LogP contribution is -2.27. The van der Waals surface area contributed by atoms with Crippen LogP contribution in [0.3, 0.4) is 0 Å². The molecule has 2 unspecified atom stereocenters. The van der Waals surface area contributed by atoms with E-state index in [4.69, 9.17) is 5.11 Å². The van der Waals surface area contributed by atoms with E-state index in [1.807, 2.05) is 79.1 Å². The standard InChI is InChI=1S/C34H38FN2O5/c1-22(2)32-31(34(42)36-26-11-7-4-8-12-26)30(23-9-5-3-6-10-23)33(24-13-15-25(35)16-14-24)37(32)20-19-28(39)21-27(38)17-18-29(40)41/h3-16,22,27-29,38-40H,17-21H2,1-2H3,(H,36,42)/q-1/t27?,28-,29?/m1/s1. The first kappa shape index (κ1) is 31.1. The zero-order valence-corrected chi connectivity index (χ0v) is 23.9. The maximum Gasteiger partial charge on any atom is 0.258 e. The summed E-state index contributed by atoms with van der Waals surface area (Å²) in [6, 6.07) is 24.9. The maximum atomic E-state index is 14.1. The molecule has 8 heteroatoms. The van der Waals surface area contributed by atoms with Gasteiger partial charge >= 0.3 is 0 Å². The van der Waals surface area contributed by atoms with Crippen LogP contribution in [0.1, 0.15) is 61.5 Å². The van der Waals surface area contributed by atoms with E-state index in [1.54, 1.807) is 12.1 Å². The molecule has 42 heavy (non-hydrogen) atoms. The van der Waals surface area contributed by atoms with E-state index in [0.717, 1.165) is 22.5 Å². The van der Waals surface area contributed by atoms with E-state index in [9.17, 15) is 24.5 Å². The van der Waals surface area contributed by atoms with Gasteiger partial charge in [-0.15, -0.1) is 0 Å². The van der Waals surface area contributed by atoms with E-state index in [1.165, 1.54) is 12.1 Å². The molecular weight excluding hydrogens is 535 g/mol. The summed E-state index contributed by atoms with van der Waals surface area (Å²) in [5.41, 5.74) is 4.89. The van der Waals surface area contributed by atoms with Gasteiger partial charge in [-0.25, -0.2) is 4.39 Å². The Kier molecular flexibility index (Phi) is 10.7. The van der Waals surface area contributed by atoms with E-state index in [-0.39, 0.29) is 43.3 Å². The monoisotopic (exact) mass is 573 g/mol. The number of aliphatic hydroxyl groups is 3. The van der Waals surface area contributed by atoms with Gasteiger partial charge in [0.1, 0.15) is 5.82 Å². The molecule has 0 spiro atoms. The Hall–Kier alpha value is -3.82. The second-order valence-corrected chi connectivity index (χ2v) is 10.8. The number of rotatable bonds is 13. The first-order chi connectivity index (χ1) is 20.2. The zero-order valence-electron chi connectivity index (χ0n) is 23.9. The minimum atomic E-state index is -1.76. The number of aliphatic hydroxyl groups excluding tert-OH is 3. The summed E-state index contributed by atoms with van der Waals surface area (Å²) < 4.78 is 16.1. The molecular formula is C34H38FN2O5-. The van der Waals surface area contributed by atoms with Crippen molar-refractivity contribution in [2.24, 2.45) is 0 Å². The Morgan fingerprint density at radius 1 is 0.833 bits per heavy atom. The SMILES string of the molecule is CC(C)c1c(C(=O)Nc2ccccc2)c(-c2ccccc2)c(-c2ccc(F)cc2)n1CC[C@@H](O)CC(O)CCC([O-])O. The Labute approximate surface area is 245 Å². The van der Waals surface area contributed by atoms with E-state index >= 15 is 0 Å². The van der Waals surface area contributed by atoms with E-state index < -0.39 is 18.5 Å². The van der Waals surface area contributed by atoms with Crippen molar-refractivity contribution in [2.45, 2.75) is 70.5 Å². The zero-order chi connectivity index (χ0) is 30.2. The van der Waals surface area contributed by atoms with Crippen LogP contribution in [0, 0.1) is 5.82 Å². The molecule has 0 aliphatic carbocycles. The Balaban J connectivity index is 1.84. The van der Waals surface area contributed by atoms with Crippen LogP contribution in [-0.4, -0.2) is 44.3 Å². The van der Waals surface area contributed by atoms with Crippen LogP contribution in [0.25, 0.3) is 22.4 Å². The van der Waals surface area contributed by atoms with Crippen molar-refractivity contribution in [3.05, 3.63) is 102 Å². The lowest BCUT2D eigenvalue weighted by molar-refractivity contribution is -0.484. The Bertz CT molecular complexity index is 1440. The number of hydrogen-bond acceptors (Lipinski definition) is 5. The topological polar surface area (TPSA) is 118 Å². The Morgan fingerprint density at radius 3 is 2.02 bits per heavy atom. The highest BCUT2D eigenvalue weighted by atomic mass is 19.1. The number of amides is 1. The average Bonchev–Trinajstić information content (AvgIpc) is 3.32. The van der Waals surface area contributed by atoms with Crippen molar-refractivity contribution in [2.75, 3.05) is 5.32 Å². The van der Waals surface area contributed by atoms with Crippen LogP contribution >= 0.6 is 0 Å². The first-order valence-electron chi connectivity index (χ1n) is 14.3. The highest BCUT2D eigenvalue weighted by Gasteiger charge is 2.30. The highest BCUT2D eigenvalue weighted by Crippen LogP contribution is 2.42. The maximum absolute atomic E-state index is 14.1. The quantitative estimate of drug-likeness (QED) is 0.162. The number of carbonyl (C=O) groups is 1. The molecule has 4 aromatic rings. The summed E-state index contributed by atoms with van der Waals surface area (Å²) in [5, 5.41) is 44.1. The molecule has 4 rings (SSSR count). The van der Waals surface area contributed by atoms with E-state index in [0.29, 0.717) is 23.4 Å². The molecule has 222 valence electrons. The number of carbonyl (C=O) groups excluding carboxylic acids is 1. The number of nitrogens with zero attached hydrogens (tertiary/aromatic N) is 1. The van der Waals surface area contributed by atoms with Gasteiger partial charge in [0.2, 0.25) is 0 Å². The molecule has 1 amide bonds. The third kappa shape index (κ3) is 7.72. The molecule has 4 N–H and O–H groups in total. The average molecular weight is 574 g/mol. The molecule has 0 aliphatic heterocycles. The lowest BCUT2D eigenvalue weighted by Gasteiger charge is -2.21. The summed E-state index contributed by atoms with van der Waals surface area (Å²) >= 11 is 0. The van der Waals surface area contributed by atoms with Gasteiger partial charge in [-0.1, -0.05) is 62.4 Å². The normalized spacial score (nSPS) is 13.6. The summed E-state index contributed by atoms with van der Waals surface area (Å²) in [4.78, 5) is 14.1. The molecule has 3 atom stereocenters. The molecule has 1 aromatic heterocycles. The van der Waals surface area contributed by atoms with Gasteiger partial charge in [-0.2, -0.15) is 0 Å². The van der Waals surface area contributed by atoms with Gasteiger partial charge in [-0.05, 0) is 85.4 Å². The van der Waals surface area contributed by atoms with Crippen molar-refractivity contribution in [3.8, 4) is 22.4 Å². The van der Waals surface area contributed by atoms with Crippen molar-refractivity contribution in [3.63, 3.8) is 0 Å². The van der Waals surface area contributed by atoms with Gasteiger partial charge in [0.05, 0.1) is 23.5 Å². The number of para-hydroxylation sites is 1. The molecule has 3 aromatic carbocycles. The smallest absolute Gasteiger partial charge is 0.258 e. The predicted molar refractivity (Wildman–Crippen MR) is 160 cm³/mol. The fraction of sp³-hybridized carbons (Fsp3) is 0.324. The number of benzene rings is 3. The van der Waals surface area contributed by atoms with Gasteiger partial charge in [0, 0.05) is 23.5 Å². The number of nitrogens with one attached hydrogen (secondary N) is 1. The van der Waals surface area contributed by atoms with Crippen LogP contribution in [-0.2, 0) is 6.54 Å². The molecule has 0 bridgehead atoms. The van der Waals surface area contributed by atoms with Gasteiger partial charge in [0.25, 0.3) is 5.91 Å². The fourth-order valence-electron chi connectivity index (χ4n) is 5.37. The van der Waals surface area contributed by atoms with E-state index in [2.05, 4.69) is 5.32 Å². The summed E-state index contributed by atoms with van der Waals surface area (Å²) in [6.45, 7) is 4.32. The molecule has 0 saturated heterocycles. The van der Waals surface area contributed by atoms with Crippen LogP contribution < -0.4 is 10.4 Å². The van der Waals surface area contributed by atoms with Crippen LogP contribution in [0.15, 0.2) is 84.9 Å². The molecule has 0 saturated carbocycles. The lowest BCUT2D eigenvalue weighted by atomic mass is 9.94. The summed E-state index contributed by atoms with van der Waals surface area (Å²) in [6.07, 6.45) is -3.29. The summed E-state index contributed by atoms with van der Waals surface area (Å²) in [7, 11) is 0. The van der Waals surface area contributed by atoms with Crippen molar-refractivity contribution in [1.82, 2.24) is 4.57 Å².